The molecule has 8 nitrogen and oxygen atoms in total. The average molecular weight is 426 g/mol. The summed E-state index contributed by atoms with van der Waals surface area (Å²) in [5, 5.41) is 3.31. The van der Waals surface area contributed by atoms with E-state index in [9.17, 15) is 18.8 Å². The van der Waals surface area contributed by atoms with Crippen molar-refractivity contribution >= 4 is 17.2 Å². The van der Waals surface area contributed by atoms with E-state index < -0.39 is 23.0 Å². The van der Waals surface area contributed by atoms with Crippen molar-refractivity contribution in [2.24, 2.45) is 0 Å². The van der Waals surface area contributed by atoms with Gasteiger partial charge >= 0.3 is 5.69 Å². The van der Waals surface area contributed by atoms with Gasteiger partial charge in [0.2, 0.25) is 0 Å². The monoisotopic (exact) mass is 426 g/mol. The summed E-state index contributed by atoms with van der Waals surface area (Å²) in [7, 11) is 0. The number of nitrogens with zero attached hydrogens (tertiary/aromatic N) is 2. The van der Waals surface area contributed by atoms with E-state index >= 15 is 0 Å². The number of para-hydroxylation sites is 1. The number of rotatable bonds is 5. The van der Waals surface area contributed by atoms with Gasteiger partial charge in [-0.1, -0.05) is 12.1 Å². The molecule has 3 aromatic heterocycles. The highest BCUT2D eigenvalue weighted by atomic mass is 32.1. The van der Waals surface area contributed by atoms with Gasteiger partial charge < -0.3 is 14.7 Å². The van der Waals surface area contributed by atoms with Crippen LogP contribution in [0.15, 0.2) is 62.9 Å². The fraction of sp³-hybridized carbons (Fsp3) is 0.100. The number of carbonyl (C=O) groups excluding carboxylic acids is 1. The summed E-state index contributed by atoms with van der Waals surface area (Å²) in [6, 6.07) is 8.86. The van der Waals surface area contributed by atoms with E-state index in [1.165, 1.54) is 29.5 Å². The van der Waals surface area contributed by atoms with Crippen LogP contribution < -0.4 is 16.6 Å². The van der Waals surface area contributed by atoms with Crippen LogP contribution in [-0.4, -0.2) is 20.4 Å². The standard InChI is InChI=1S/C20H15FN4O4S/c1-11-16(30-18(24-11)15-7-4-8-29-15)10-22-17(26)12-9-23-20(28)25(19(12)27)14-6-3-2-5-13(14)21/h2-9H,10H2,1H3,(H,22,26)(H,23,28). The van der Waals surface area contributed by atoms with Crippen LogP contribution in [-0.2, 0) is 6.54 Å². The van der Waals surface area contributed by atoms with Crippen molar-refractivity contribution in [3.63, 3.8) is 0 Å². The average Bonchev–Trinajstić information content (AvgIpc) is 3.37. The molecule has 4 rings (SSSR count). The van der Waals surface area contributed by atoms with Gasteiger partial charge in [-0.05, 0) is 31.2 Å². The molecular weight excluding hydrogens is 411 g/mol. The van der Waals surface area contributed by atoms with Crippen molar-refractivity contribution < 1.29 is 13.6 Å². The van der Waals surface area contributed by atoms with E-state index in [0.717, 1.165) is 22.8 Å². The molecule has 10 heteroatoms. The van der Waals surface area contributed by atoms with Crippen molar-refractivity contribution in [2.75, 3.05) is 0 Å². The van der Waals surface area contributed by atoms with Crippen molar-refractivity contribution in [1.82, 2.24) is 19.9 Å². The molecule has 0 saturated heterocycles. The molecule has 0 atom stereocenters. The lowest BCUT2D eigenvalue weighted by Gasteiger charge is -2.08. The molecule has 1 aromatic carbocycles. The third-order valence-electron chi connectivity index (χ3n) is 4.35. The Morgan fingerprint density at radius 3 is 2.80 bits per heavy atom. The SMILES string of the molecule is Cc1nc(-c2ccco2)sc1CNC(=O)c1c[nH]c(=O)n(-c2ccccc2F)c1=O. The number of carbonyl (C=O) groups is 1. The predicted molar refractivity (Wildman–Crippen MR) is 108 cm³/mol. The van der Waals surface area contributed by atoms with E-state index in [2.05, 4.69) is 15.3 Å². The Morgan fingerprint density at radius 2 is 2.07 bits per heavy atom. The quantitative estimate of drug-likeness (QED) is 0.510. The Bertz CT molecular complexity index is 1340. The molecular formula is C20H15FN4O4S. The van der Waals surface area contributed by atoms with Crippen molar-refractivity contribution in [1.29, 1.82) is 0 Å². The second kappa shape index (κ2) is 7.91. The number of nitrogens with one attached hydrogen (secondary N) is 2. The summed E-state index contributed by atoms with van der Waals surface area (Å²) < 4.78 is 20.0. The number of hydrogen-bond donors (Lipinski definition) is 2. The van der Waals surface area contributed by atoms with Crippen molar-refractivity contribution in [3.8, 4) is 16.5 Å². The van der Waals surface area contributed by atoms with E-state index in [4.69, 9.17) is 4.42 Å². The zero-order valence-corrected chi connectivity index (χ0v) is 16.5. The van der Waals surface area contributed by atoms with Gasteiger partial charge in [0.25, 0.3) is 11.5 Å². The zero-order chi connectivity index (χ0) is 21.3. The number of H-pyrrole nitrogens is 1. The largest absolute Gasteiger partial charge is 0.462 e. The first-order valence-corrected chi connectivity index (χ1v) is 9.65. The summed E-state index contributed by atoms with van der Waals surface area (Å²) in [5.41, 5.74) is -1.59. The van der Waals surface area contributed by atoms with Crippen molar-refractivity contribution in [2.45, 2.75) is 13.5 Å². The first kappa shape index (κ1) is 19.5. The second-order valence-electron chi connectivity index (χ2n) is 6.29. The molecule has 0 aliphatic heterocycles. The van der Waals surface area contributed by atoms with E-state index in [1.807, 2.05) is 0 Å². The first-order valence-electron chi connectivity index (χ1n) is 8.83. The number of hydrogen-bond acceptors (Lipinski definition) is 6. The molecule has 1 amide bonds. The minimum Gasteiger partial charge on any atom is -0.462 e. The van der Waals surface area contributed by atoms with Crippen LogP contribution in [0.2, 0.25) is 0 Å². The normalized spacial score (nSPS) is 10.9. The molecule has 0 aliphatic rings. The van der Waals surface area contributed by atoms with Crippen LogP contribution in [0.4, 0.5) is 4.39 Å². The summed E-state index contributed by atoms with van der Waals surface area (Å²) in [5.74, 6) is -0.837. The Balaban J connectivity index is 1.59. The summed E-state index contributed by atoms with van der Waals surface area (Å²) in [6.45, 7) is 1.93. The second-order valence-corrected chi connectivity index (χ2v) is 7.37. The number of aryl methyl sites for hydroxylation is 1. The third-order valence-corrected chi connectivity index (χ3v) is 5.52. The lowest BCUT2D eigenvalue weighted by atomic mass is 10.2. The summed E-state index contributed by atoms with van der Waals surface area (Å²) >= 11 is 1.35. The van der Waals surface area contributed by atoms with E-state index in [-0.39, 0.29) is 17.8 Å². The molecule has 0 bridgehead atoms. The lowest BCUT2D eigenvalue weighted by Crippen LogP contribution is -2.39. The molecule has 0 spiro atoms. The van der Waals surface area contributed by atoms with Gasteiger partial charge in [0.15, 0.2) is 10.8 Å². The van der Waals surface area contributed by atoms with Crippen LogP contribution in [0.25, 0.3) is 16.5 Å². The smallest absolute Gasteiger partial charge is 0.333 e. The predicted octanol–water partition coefficient (Wildman–Crippen LogP) is 2.62. The van der Waals surface area contributed by atoms with Crippen molar-refractivity contribution in [3.05, 3.63) is 91.6 Å². The fourth-order valence-electron chi connectivity index (χ4n) is 2.84. The Hall–Kier alpha value is -3.79. The molecule has 0 unspecified atom stereocenters. The van der Waals surface area contributed by atoms with Crippen LogP contribution in [0.1, 0.15) is 20.9 Å². The molecule has 0 radical (unpaired) electrons. The number of thiazole rings is 1. The van der Waals surface area contributed by atoms with Crippen LogP contribution >= 0.6 is 11.3 Å². The number of halogens is 1. The zero-order valence-electron chi connectivity index (χ0n) is 15.6. The minimum absolute atomic E-state index is 0.126. The topological polar surface area (TPSA) is 110 Å². The van der Waals surface area contributed by atoms with Crippen LogP contribution in [0.3, 0.4) is 0 Å². The fourth-order valence-corrected chi connectivity index (χ4v) is 3.81. The molecule has 3 heterocycles. The highest BCUT2D eigenvalue weighted by Gasteiger charge is 2.18. The summed E-state index contributed by atoms with van der Waals surface area (Å²) in [6.07, 6.45) is 2.56. The molecule has 152 valence electrons. The molecule has 2 N–H and O–H groups in total. The van der Waals surface area contributed by atoms with Crippen LogP contribution in [0.5, 0.6) is 0 Å². The highest BCUT2D eigenvalue weighted by Crippen LogP contribution is 2.28. The molecule has 0 aliphatic carbocycles. The number of furan rings is 1. The molecule has 0 fully saturated rings. The molecule has 0 saturated carbocycles. The molecule has 30 heavy (non-hydrogen) atoms. The summed E-state index contributed by atoms with van der Waals surface area (Å²) in [4.78, 5) is 44.9. The van der Waals surface area contributed by atoms with Gasteiger partial charge in [-0.15, -0.1) is 11.3 Å². The number of aromatic amines is 1. The van der Waals surface area contributed by atoms with Crippen LogP contribution in [0, 0.1) is 12.7 Å². The maximum atomic E-state index is 14.1. The van der Waals surface area contributed by atoms with Gasteiger partial charge in [-0.25, -0.2) is 18.7 Å². The van der Waals surface area contributed by atoms with E-state index in [0.29, 0.717) is 15.3 Å². The Labute approximate surface area is 172 Å². The van der Waals surface area contributed by atoms with Gasteiger partial charge in [-0.2, -0.15) is 0 Å². The number of aromatic nitrogens is 3. The number of amides is 1. The maximum absolute atomic E-state index is 14.1. The minimum atomic E-state index is -0.918. The Morgan fingerprint density at radius 1 is 1.27 bits per heavy atom. The maximum Gasteiger partial charge on any atom is 0.333 e. The lowest BCUT2D eigenvalue weighted by molar-refractivity contribution is 0.0949. The third kappa shape index (κ3) is 3.60. The van der Waals surface area contributed by atoms with Gasteiger partial charge in [-0.3, -0.25) is 9.59 Å². The Kier molecular flexibility index (Phi) is 5.15. The highest BCUT2D eigenvalue weighted by molar-refractivity contribution is 7.15. The van der Waals surface area contributed by atoms with Gasteiger partial charge in [0.05, 0.1) is 24.2 Å². The molecule has 4 aromatic rings. The first-order chi connectivity index (χ1) is 14.5. The van der Waals surface area contributed by atoms with Gasteiger partial charge in [0, 0.05) is 11.1 Å². The number of benzene rings is 1. The van der Waals surface area contributed by atoms with Gasteiger partial charge in [0.1, 0.15) is 11.4 Å². The van der Waals surface area contributed by atoms with E-state index in [1.54, 1.807) is 25.3 Å².